The fourth-order valence-corrected chi connectivity index (χ4v) is 4.81. The zero-order chi connectivity index (χ0) is 19.2. The lowest BCUT2D eigenvalue weighted by atomic mass is 9.82. The van der Waals surface area contributed by atoms with Crippen LogP contribution in [0.2, 0.25) is 0 Å². The van der Waals surface area contributed by atoms with Crippen molar-refractivity contribution in [1.82, 2.24) is 10.6 Å². The Morgan fingerprint density at radius 1 is 1.07 bits per heavy atom. The first-order valence-corrected chi connectivity index (χ1v) is 12.3. The lowest BCUT2D eigenvalue weighted by Gasteiger charge is -2.35. The van der Waals surface area contributed by atoms with Gasteiger partial charge in [-0.05, 0) is 79.6 Å². The highest BCUT2D eigenvalue weighted by atomic mass is 32.2. The molecule has 1 aromatic rings. The SMILES string of the molecule is C[S+](C)CN[C@H]1CCCN[C@H]1COC1CCC(c2cc(F)cc(F)c2)CC1. The third-order valence-corrected chi connectivity index (χ3v) is 6.50. The smallest absolute Gasteiger partial charge is 0.159 e. The Morgan fingerprint density at radius 2 is 1.78 bits per heavy atom. The molecule has 152 valence electrons. The Balaban J connectivity index is 1.44. The van der Waals surface area contributed by atoms with Gasteiger partial charge >= 0.3 is 0 Å². The third kappa shape index (κ3) is 6.41. The van der Waals surface area contributed by atoms with E-state index in [-0.39, 0.29) is 12.0 Å². The number of benzene rings is 1. The molecule has 0 aromatic heterocycles. The van der Waals surface area contributed by atoms with Crippen molar-refractivity contribution in [3.05, 3.63) is 35.4 Å². The summed E-state index contributed by atoms with van der Waals surface area (Å²) in [6, 6.07) is 4.76. The second-order valence-electron chi connectivity index (χ2n) is 8.15. The second kappa shape index (κ2) is 10.2. The molecule has 3 rings (SSSR count). The Labute approximate surface area is 165 Å². The van der Waals surface area contributed by atoms with Crippen LogP contribution in [0.25, 0.3) is 0 Å². The van der Waals surface area contributed by atoms with E-state index in [0.717, 1.165) is 56.3 Å². The van der Waals surface area contributed by atoms with Gasteiger partial charge in [-0.3, -0.25) is 5.32 Å². The molecule has 3 nitrogen and oxygen atoms in total. The molecular weight excluding hydrogens is 366 g/mol. The first kappa shape index (κ1) is 21.0. The highest BCUT2D eigenvalue weighted by Gasteiger charge is 2.28. The van der Waals surface area contributed by atoms with E-state index in [4.69, 9.17) is 4.74 Å². The van der Waals surface area contributed by atoms with Gasteiger partial charge in [-0.25, -0.2) is 8.78 Å². The minimum Gasteiger partial charge on any atom is -0.377 e. The monoisotopic (exact) mass is 399 g/mol. The van der Waals surface area contributed by atoms with Gasteiger partial charge in [-0.1, -0.05) is 0 Å². The van der Waals surface area contributed by atoms with Crippen molar-refractivity contribution in [3.63, 3.8) is 0 Å². The maximum atomic E-state index is 13.5. The van der Waals surface area contributed by atoms with Crippen molar-refractivity contribution in [2.75, 3.05) is 31.5 Å². The molecule has 1 saturated heterocycles. The van der Waals surface area contributed by atoms with Crippen molar-refractivity contribution in [1.29, 1.82) is 0 Å². The first-order valence-electron chi connectivity index (χ1n) is 10.1. The van der Waals surface area contributed by atoms with Gasteiger partial charge in [0.15, 0.2) is 5.88 Å². The molecule has 1 aliphatic heterocycles. The van der Waals surface area contributed by atoms with Gasteiger partial charge in [-0.15, -0.1) is 0 Å². The fraction of sp³-hybridized carbons (Fsp3) is 0.714. The van der Waals surface area contributed by atoms with Crippen LogP contribution in [0.1, 0.15) is 50.0 Å². The third-order valence-electron chi connectivity index (χ3n) is 5.76. The predicted octanol–water partition coefficient (Wildman–Crippen LogP) is 3.55. The van der Waals surface area contributed by atoms with Gasteiger partial charge in [0.25, 0.3) is 0 Å². The number of hydrogen-bond donors (Lipinski definition) is 2. The number of ether oxygens (including phenoxy) is 1. The Hall–Kier alpha value is -0.690. The molecular formula is C21H33F2N2OS+. The van der Waals surface area contributed by atoms with Crippen molar-refractivity contribution < 1.29 is 13.5 Å². The van der Waals surface area contributed by atoms with E-state index in [9.17, 15) is 8.78 Å². The molecule has 1 aliphatic carbocycles. The molecule has 2 atom stereocenters. The maximum absolute atomic E-state index is 13.5. The van der Waals surface area contributed by atoms with Gasteiger partial charge in [0, 0.05) is 18.2 Å². The molecule has 2 aliphatic rings. The van der Waals surface area contributed by atoms with Gasteiger partial charge in [0.05, 0.1) is 25.2 Å². The van der Waals surface area contributed by atoms with E-state index in [1.165, 1.54) is 25.0 Å². The molecule has 0 radical (unpaired) electrons. The predicted molar refractivity (Wildman–Crippen MR) is 109 cm³/mol. The summed E-state index contributed by atoms with van der Waals surface area (Å²) in [5.41, 5.74) is 0.790. The number of rotatable bonds is 7. The number of hydrogen-bond acceptors (Lipinski definition) is 3. The molecule has 2 fully saturated rings. The molecule has 1 heterocycles. The van der Waals surface area contributed by atoms with E-state index in [2.05, 4.69) is 23.1 Å². The van der Waals surface area contributed by atoms with Gasteiger partial charge in [0.1, 0.15) is 11.6 Å². The summed E-state index contributed by atoms with van der Waals surface area (Å²) in [7, 11) is 0.401. The Morgan fingerprint density at radius 3 is 2.44 bits per heavy atom. The Bertz CT molecular complexity index is 573. The second-order valence-corrected chi connectivity index (χ2v) is 10.4. The van der Waals surface area contributed by atoms with E-state index >= 15 is 0 Å². The van der Waals surface area contributed by atoms with Gasteiger partial charge < -0.3 is 10.1 Å². The summed E-state index contributed by atoms with van der Waals surface area (Å²) in [5.74, 6) is 0.349. The highest BCUT2D eigenvalue weighted by Crippen LogP contribution is 2.34. The lowest BCUT2D eigenvalue weighted by Crippen LogP contribution is -2.55. The van der Waals surface area contributed by atoms with Crippen LogP contribution in [0.5, 0.6) is 0 Å². The molecule has 0 bridgehead atoms. The largest absolute Gasteiger partial charge is 0.377 e. The van der Waals surface area contributed by atoms with Gasteiger partial charge in [-0.2, -0.15) is 0 Å². The van der Waals surface area contributed by atoms with Crippen molar-refractivity contribution in [2.24, 2.45) is 0 Å². The summed E-state index contributed by atoms with van der Waals surface area (Å²) in [5, 5.41) is 7.31. The highest BCUT2D eigenvalue weighted by molar-refractivity contribution is 7.95. The zero-order valence-electron chi connectivity index (χ0n) is 16.5. The number of piperidine rings is 1. The minimum atomic E-state index is -0.479. The minimum absolute atomic E-state index is 0.240. The van der Waals surface area contributed by atoms with Crippen LogP contribution in [0.15, 0.2) is 18.2 Å². The summed E-state index contributed by atoms with van der Waals surface area (Å²) in [4.78, 5) is 0. The van der Waals surface area contributed by atoms with Crippen LogP contribution in [0, 0.1) is 11.6 Å². The Kier molecular flexibility index (Phi) is 7.94. The molecule has 2 N–H and O–H groups in total. The van der Waals surface area contributed by atoms with Crippen molar-refractivity contribution in [2.45, 2.75) is 62.6 Å². The van der Waals surface area contributed by atoms with Crippen LogP contribution in [0.3, 0.4) is 0 Å². The fourth-order valence-electron chi connectivity index (χ4n) is 4.26. The zero-order valence-corrected chi connectivity index (χ0v) is 17.3. The van der Waals surface area contributed by atoms with Crippen LogP contribution >= 0.6 is 0 Å². The molecule has 0 amide bonds. The summed E-state index contributed by atoms with van der Waals surface area (Å²) in [6.45, 7) is 1.80. The normalized spacial score (nSPS) is 29.2. The molecule has 1 saturated carbocycles. The van der Waals surface area contributed by atoms with Crippen LogP contribution in [-0.4, -0.2) is 49.7 Å². The first-order chi connectivity index (χ1) is 13.0. The number of nitrogens with one attached hydrogen (secondary N) is 2. The molecule has 1 aromatic carbocycles. The standard InChI is InChI=1S/C21H33F2N2OS/c1-27(2)14-25-20-4-3-9-24-21(20)13-26-19-7-5-15(6-8-19)16-10-17(22)12-18(23)11-16/h10-12,15,19-21,24-25H,3-9,13-14H2,1-2H3/q+1/t15?,19?,20-,21-/m0/s1. The molecule has 27 heavy (non-hydrogen) atoms. The maximum Gasteiger partial charge on any atom is 0.159 e. The summed E-state index contributed by atoms with van der Waals surface area (Å²) in [6.07, 6.45) is 11.0. The van der Waals surface area contributed by atoms with E-state index in [1.807, 2.05) is 0 Å². The van der Waals surface area contributed by atoms with Crippen LogP contribution in [-0.2, 0) is 15.6 Å². The van der Waals surface area contributed by atoms with Crippen LogP contribution in [0.4, 0.5) is 8.78 Å². The average molecular weight is 400 g/mol. The van der Waals surface area contributed by atoms with Gasteiger partial charge in [0.2, 0.25) is 0 Å². The van der Waals surface area contributed by atoms with Crippen molar-refractivity contribution in [3.8, 4) is 0 Å². The van der Waals surface area contributed by atoms with E-state index < -0.39 is 11.6 Å². The number of halogens is 2. The topological polar surface area (TPSA) is 33.3 Å². The quantitative estimate of drug-likeness (QED) is 0.688. The van der Waals surface area contributed by atoms with E-state index in [0.29, 0.717) is 23.0 Å². The lowest BCUT2D eigenvalue weighted by molar-refractivity contribution is 0.00413. The van der Waals surface area contributed by atoms with Crippen molar-refractivity contribution >= 4 is 10.9 Å². The average Bonchev–Trinajstić information content (AvgIpc) is 2.65. The van der Waals surface area contributed by atoms with E-state index in [1.54, 1.807) is 0 Å². The summed E-state index contributed by atoms with van der Waals surface area (Å²) < 4.78 is 33.2. The molecule has 6 heteroatoms. The molecule has 0 spiro atoms. The summed E-state index contributed by atoms with van der Waals surface area (Å²) >= 11 is 0. The van der Waals surface area contributed by atoms with Crippen LogP contribution < -0.4 is 10.6 Å². The molecule has 0 unspecified atom stereocenters.